The second-order valence-electron chi connectivity index (χ2n) is 7.28. The fourth-order valence-electron chi connectivity index (χ4n) is 3.83. The van der Waals surface area contributed by atoms with Gasteiger partial charge >= 0.3 is 0 Å². The van der Waals surface area contributed by atoms with Gasteiger partial charge in [0.15, 0.2) is 0 Å². The van der Waals surface area contributed by atoms with Gasteiger partial charge in [-0.2, -0.15) is 0 Å². The summed E-state index contributed by atoms with van der Waals surface area (Å²) in [5.74, 6) is 1.32. The van der Waals surface area contributed by atoms with Gasteiger partial charge in [0.2, 0.25) is 0 Å². The van der Waals surface area contributed by atoms with Crippen LogP contribution in [0.4, 0.5) is 11.5 Å². The number of methoxy groups -OCH3 is 1. The Morgan fingerprint density at radius 3 is 2.90 bits per heavy atom. The summed E-state index contributed by atoms with van der Waals surface area (Å²) >= 11 is 7.57. The number of hydrogen-bond acceptors (Lipinski definition) is 6. The SMILES string of the molecule is COc1ccc(NC(=O)c2sc3ncnc(N4CCCC[C@@H]4C)c3c2C)cc1Cl. The second kappa shape index (κ2) is 8.16. The van der Waals surface area contributed by atoms with E-state index in [9.17, 15) is 4.79 Å². The number of anilines is 2. The molecular formula is C21H23ClN4O2S. The highest BCUT2D eigenvalue weighted by molar-refractivity contribution is 7.20. The first-order valence-electron chi connectivity index (χ1n) is 9.65. The molecule has 1 fully saturated rings. The highest BCUT2D eigenvalue weighted by Crippen LogP contribution is 2.37. The molecule has 6 nitrogen and oxygen atoms in total. The first kappa shape index (κ1) is 19.9. The summed E-state index contributed by atoms with van der Waals surface area (Å²) in [6.07, 6.45) is 5.15. The number of carbonyl (C=O) groups excluding carboxylic acids is 1. The number of amides is 1. The normalized spacial score (nSPS) is 16.8. The van der Waals surface area contributed by atoms with Crippen molar-refractivity contribution in [3.8, 4) is 5.75 Å². The van der Waals surface area contributed by atoms with Crippen molar-refractivity contribution >= 4 is 50.6 Å². The summed E-state index contributed by atoms with van der Waals surface area (Å²) in [4.78, 5) is 25.8. The molecule has 1 aliphatic heterocycles. The minimum Gasteiger partial charge on any atom is -0.495 e. The third-order valence-corrected chi connectivity index (χ3v) is 6.89. The third-order valence-electron chi connectivity index (χ3n) is 5.40. The Morgan fingerprint density at radius 1 is 1.34 bits per heavy atom. The van der Waals surface area contributed by atoms with Gasteiger partial charge in [0, 0.05) is 18.3 Å². The van der Waals surface area contributed by atoms with Crippen molar-refractivity contribution in [2.75, 3.05) is 23.9 Å². The maximum absolute atomic E-state index is 13.0. The second-order valence-corrected chi connectivity index (χ2v) is 8.68. The first-order chi connectivity index (χ1) is 14.0. The number of benzene rings is 1. The maximum atomic E-state index is 13.0. The molecule has 1 atom stereocenters. The van der Waals surface area contributed by atoms with Crippen LogP contribution in [0, 0.1) is 6.92 Å². The van der Waals surface area contributed by atoms with Gasteiger partial charge < -0.3 is 15.0 Å². The van der Waals surface area contributed by atoms with E-state index >= 15 is 0 Å². The molecule has 0 aliphatic carbocycles. The fourth-order valence-corrected chi connectivity index (χ4v) is 5.13. The number of thiophene rings is 1. The molecule has 152 valence electrons. The van der Waals surface area contributed by atoms with E-state index in [0.29, 0.717) is 27.4 Å². The van der Waals surface area contributed by atoms with Crippen molar-refractivity contribution in [1.29, 1.82) is 0 Å². The summed E-state index contributed by atoms with van der Waals surface area (Å²) < 4.78 is 5.17. The Kier molecular flexibility index (Phi) is 5.61. The fraction of sp³-hybridized carbons (Fsp3) is 0.381. The zero-order chi connectivity index (χ0) is 20.5. The summed E-state index contributed by atoms with van der Waals surface area (Å²) in [5, 5.41) is 4.36. The van der Waals surface area contributed by atoms with Crippen LogP contribution in [0.25, 0.3) is 10.2 Å². The smallest absolute Gasteiger partial charge is 0.266 e. The molecule has 1 N–H and O–H groups in total. The Balaban J connectivity index is 1.68. The topological polar surface area (TPSA) is 67.3 Å². The van der Waals surface area contributed by atoms with Crippen LogP contribution >= 0.6 is 22.9 Å². The summed E-state index contributed by atoms with van der Waals surface area (Å²) in [6, 6.07) is 5.62. The number of carbonyl (C=O) groups is 1. The lowest BCUT2D eigenvalue weighted by molar-refractivity contribution is 0.103. The quantitative estimate of drug-likeness (QED) is 0.608. The highest BCUT2D eigenvalue weighted by Gasteiger charge is 2.26. The number of ether oxygens (including phenoxy) is 1. The number of rotatable bonds is 4. The maximum Gasteiger partial charge on any atom is 0.266 e. The summed E-state index contributed by atoms with van der Waals surface area (Å²) in [7, 11) is 1.56. The van der Waals surface area contributed by atoms with Crippen LogP contribution in [0.15, 0.2) is 24.5 Å². The lowest BCUT2D eigenvalue weighted by Gasteiger charge is -2.34. The van der Waals surface area contributed by atoms with E-state index in [-0.39, 0.29) is 5.91 Å². The largest absolute Gasteiger partial charge is 0.495 e. The Bertz CT molecular complexity index is 1070. The molecule has 1 aliphatic rings. The van der Waals surface area contributed by atoms with Gasteiger partial charge in [-0.05, 0) is 56.9 Å². The monoisotopic (exact) mass is 430 g/mol. The van der Waals surface area contributed by atoms with Gasteiger partial charge in [-0.15, -0.1) is 11.3 Å². The molecule has 1 saturated heterocycles. The lowest BCUT2D eigenvalue weighted by Crippen LogP contribution is -2.38. The summed E-state index contributed by atoms with van der Waals surface area (Å²) in [6.45, 7) is 5.18. The number of nitrogens with zero attached hydrogens (tertiary/aromatic N) is 3. The Morgan fingerprint density at radius 2 is 2.17 bits per heavy atom. The predicted molar refractivity (Wildman–Crippen MR) is 119 cm³/mol. The molecule has 0 spiro atoms. The number of fused-ring (bicyclic) bond motifs is 1. The molecule has 2 aromatic heterocycles. The molecule has 3 aromatic rings. The Labute approximate surface area is 178 Å². The number of aryl methyl sites for hydroxylation is 1. The molecule has 1 amide bonds. The van der Waals surface area contributed by atoms with Crippen LogP contribution < -0.4 is 15.0 Å². The summed E-state index contributed by atoms with van der Waals surface area (Å²) in [5.41, 5.74) is 1.53. The van der Waals surface area contributed by atoms with Crippen molar-refractivity contribution in [2.45, 2.75) is 39.2 Å². The molecule has 8 heteroatoms. The van der Waals surface area contributed by atoms with E-state index in [2.05, 4.69) is 27.1 Å². The van der Waals surface area contributed by atoms with Crippen LogP contribution in [0.5, 0.6) is 5.75 Å². The number of piperidine rings is 1. The number of halogens is 1. The minimum absolute atomic E-state index is 0.177. The van der Waals surface area contributed by atoms with Crippen LogP contribution in [0.1, 0.15) is 41.4 Å². The number of hydrogen-bond donors (Lipinski definition) is 1. The van der Waals surface area contributed by atoms with Crippen molar-refractivity contribution in [1.82, 2.24) is 9.97 Å². The molecular weight excluding hydrogens is 408 g/mol. The van der Waals surface area contributed by atoms with Gasteiger partial charge in [0.05, 0.1) is 22.4 Å². The standard InChI is InChI=1S/C21H23ClN4O2S/c1-12-6-4-5-9-26(12)19-17-13(2)18(29-21(17)24-11-23-19)20(27)25-14-7-8-16(28-3)15(22)10-14/h7-8,10-12H,4-6,9H2,1-3H3,(H,25,27)/t12-/m0/s1. The van der Waals surface area contributed by atoms with E-state index in [4.69, 9.17) is 16.3 Å². The lowest BCUT2D eigenvalue weighted by atomic mass is 10.0. The van der Waals surface area contributed by atoms with Crippen LogP contribution in [-0.2, 0) is 0 Å². The van der Waals surface area contributed by atoms with Gasteiger partial charge in [-0.25, -0.2) is 9.97 Å². The number of aromatic nitrogens is 2. The van der Waals surface area contributed by atoms with E-state index in [1.165, 1.54) is 17.8 Å². The van der Waals surface area contributed by atoms with Gasteiger partial charge in [0.1, 0.15) is 22.7 Å². The minimum atomic E-state index is -0.177. The van der Waals surface area contributed by atoms with Crippen molar-refractivity contribution in [3.63, 3.8) is 0 Å². The zero-order valence-corrected chi connectivity index (χ0v) is 18.2. The average molecular weight is 431 g/mol. The zero-order valence-electron chi connectivity index (χ0n) is 16.7. The van der Waals surface area contributed by atoms with E-state index in [1.54, 1.807) is 31.6 Å². The van der Waals surface area contributed by atoms with Crippen molar-refractivity contribution < 1.29 is 9.53 Å². The van der Waals surface area contributed by atoms with Crippen LogP contribution in [0.2, 0.25) is 5.02 Å². The van der Waals surface area contributed by atoms with E-state index in [1.807, 2.05) is 6.92 Å². The highest BCUT2D eigenvalue weighted by atomic mass is 35.5. The van der Waals surface area contributed by atoms with Gasteiger partial charge in [0.25, 0.3) is 5.91 Å². The molecule has 1 aromatic carbocycles. The van der Waals surface area contributed by atoms with Gasteiger partial charge in [-0.3, -0.25) is 4.79 Å². The number of nitrogens with one attached hydrogen (secondary N) is 1. The van der Waals surface area contributed by atoms with E-state index in [0.717, 1.165) is 41.0 Å². The molecule has 0 bridgehead atoms. The molecule has 3 heterocycles. The van der Waals surface area contributed by atoms with E-state index < -0.39 is 0 Å². The molecule has 29 heavy (non-hydrogen) atoms. The van der Waals surface area contributed by atoms with Gasteiger partial charge in [-0.1, -0.05) is 11.6 Å². The molecule has 0 radical (unpaired) electrons. The molecule has 0 unspecified atom stereocenters. The Hall–Kier alpha value is -2.38. The average Bonchev–Trinajstić information content (AvgIpc) is 3.06. The van der Waals surface area contributed by atoms with Crippen molar-refractivity contribution in [3.05, 3.63) is 40.0 Å². The third kappa shape index (κ3) is 3.76. The van der Waals surface area contributed by atoms with Crippen LogP contribution in [-0.4, -0.2) is 35.6 Å². The molecule has 4 rings (SSSR count). The predicted octanol–water partition coefficient (Wildman–Crippen LogP) is 5.29. The van der Waals surface area contributed by atoms with Crippen LogP contribution in [0.3, 0.4) is 0 Å². The first-order valence-corrected chi connectivity index (χ1v) is 10.8. The van der Waals surface area contributed by atoms with Crippen molar-refractivity contribution in [2.24, 2.45) is 0 Å². The molecule has 0 saturated carbocycles.